The topological polar surface area (TPSA) is 17.1 Å². The van der Waals surface area contributed by atoms with Gasteiger partial charge in [-0.2, -0.15) is 0 Å². The summed E-state index contributed by atoms with van der Waals surface area (Å²) in [7, 11) is 0. The number of benzene rings is 1. The summed E-state index contributed by atoms with van der Waals surface area (Å²) in [5.74, 6) is 0.341. The number of hydrogen-bond acceptors (Lipinski definition) is 1. The van der Waals surface area contributed by atoms with Gasteiger partial charge in [-0.05, 0) is 25.8 Å². The van der Waals surface area contributed by atoms with Gasteiger partial charge in [-0.3, -0.25) is 4.79 Å². The predicted octanol–water partition coefficient (Wildman–Crippen LogP) is 3.08. The molecule has 1 aromatic rings. The summed E-state index contributed by atoms with van der Waals surface area (Å²) in [4.78, 5) is 11.3. The molecule has 0 fully saturated rings. The van der Waals surface area contributed by atoms with Crippen LogP contribution in [0.3, 0.4) is 0 Å². The largest absolute Gasteiger partial charge is 0.299 e. The first kappa shape index (κ1) is 9.97. The van der Waals surface area contributed by atoms with Crippen molar-refractivity contribution in [2.45, 2.75) is 33.1 Å². The number of rotatable bonds is 3. The molecule has 0 N–H and O–H groups in total. The van der Waals surface area contributed by atoms with Crippen LogP contribution in [0.15, 0.2) is 24.3 Å². The van der Waals surface area contributed by atoms with Crippen LogP contribution in [0.2, 0.25) is 0 Å². The third kappa shape index (κ3) is 2.41. The van der Waals surface area contributed by atoms with Gasteiger partial charge in [0.15, 0.2) is 0 Å². The van der Waals surface area contributed by atoms with Gasteiger partial charge in [-0.1, -0.05) is 36.8 Å². The SMILES string of the molecule is CCC(C(C)=O)c1cccc(C)c1. The van der Waals surface area contributed by atoms with Crippen molar-refractivity contribution < 1.29 is 4.79 Å². The Morgan fingerprint density at radius 1 is 1.46 bits per heavy atom. The number of ketones is 1. The van der Waals surface area contributed by atoms with Crippen molar-refractivity contribution in [2.24, 2.45) is 0 Å². The molecule has 0 aliphatic rings. The Balaban J connectivity index is 2.98. The molecule has 0 aromatic heterocycles. The summed E-state index contributed by atoms with van der Waals surface area (Å²) in [6.45, 7) is 5.77. The van der Waals surface area contributed by atoms with Gasteiger partial charge in [0.1, 0.15) is 5.78 Å². The molecule has 1 aromatic carbocycles. The zero-order chi connectivity index (χ0) is 9.84. The summed E-state index contributed by atoms with van der Waals surface area (Å²) in [6, 6.07) is 8.19. The van der Waals surface area contributed by atoms with Gasteiger partial charge in [-0.25, -0.2) is 0 Å². The lowest BCUT2D eigenvalue weighted by molar-refractivity contribution is -0.118. The van der Waals surface area contributed by atoms with Gasteiger partial charge in [-0.15, -0.1) is 0 Å². The maximum absolute atomic E-state index is 11.3. The van der Waals surface area contributed by atoms with Gasteiger partial charge in [0, 0.05) is 5.92 Å². The third-order valence-corrected chi connectivity index (χ3v) is 2.34. The molecule has 0 saturated heterocycles. The molecule has 0 spiro atoms. The molecule has 0 radical (unpaired) electrons. The van der Waals surface area contributed by atoms with Gasteiger partial charge in [0.25, 0.3) is 0 Å². The predicted molar refractivity (Wildman–Crippen MR) is 54.9 cm³/mol. The summed E-state index contributed by atoms with van der Waals surface area (Å²) in [5, 5.41) is 0. The van der Waals surface area contributed by atoms with E-state index in [4.69, 9.17) is 0 Å². The fourth-order valence-electron chi connectivity index (χ4n) is 1.64. The summed E-state index contributed by atoms with van der Waals surface area (Å²) in [6.07, 6.45) is 0.888. The van der Waals surface area contributed by atoms with Crippen molar-refractivity contribution in [1.82, 2.24) is 0 Å². The Bertz CT molecular complexity index is 302. The molecule has 70 valence electrons. The minimum absolute atomic E-state index is 0.0832. The zero-order valence-electron chi connectivity index (χ0n) is 8.50. The van der Waals surface area contributed by atoms with Crippen LogP contribution < -0.4 is 0 Å². The first-order chi connectivity index (χ1) is 6.15. The van der Waals surface area contributed by atoms with Gasteiger partial charge >= 0.3 is 0 Å². The fourth-order valence-corrected chi connectivity index (χ4v) is 1.64. The highest BCUT2D eigenvalue weighted by Crippen LogP contribution is 2.20. The molecule has 1 heteroatoms. The Morgan fingerprint density at radius 2 is 2.15 bits per heavy atom. The van der Waals surface area contributed by atoms with E-state index in [1.165, 1.54) is 5.56 Å². The highest BCUT2D eigenvalue weighted by Gasteiger charge is 2.13. The summed E-state index contributed by atoms with van der Waals surface area (Å²) >= 11 is 0. The minimum atomic E-state index is 0.0832. The van der Waals surface area contributed by atoms with Crippen molar-refractivity contribution in [1.29, 1.82) is 0 Å². The van der Waals surface area contributed by atoms with Crippen LogP contribution in [0.25, 0.3) is 0 Å². The molecule has 0 amide bonds. The molecule has 1 rings (SSSR count). The van der Waals surface area contributed by atoms with Crippen molar-refractivity contribution in [3.63, 3.8) is 0 Å². The fraction of sp³-hybridized carbons (Fsp3) is 0.417. The van der Waals surface area contributed by atoms with Crippen LogP contribution in [0.5, 0.6) is 0 Å². The Labute approximate surface area is 79.8 Å². The van der Waals surface area contributed by atoms with E-state index in [1.54, 1.807) is 6.92 Å². The van der Waals surface area contributed by atoms with E-state index in [0.29, 0.717) is 0 Å². The van der Waals surface area contributed by atoms with Crippen LogP contribution in [-0.4, -0.2) is 5.78 Å². The normalized spacial score (nSPS) is 12.5. The number of hydrogen-bond donors (Lipinski definition) is 0. The minimum Gasteiger partial charge on any atom is -0.299 e. The number of Topliss-reactive ketones (excluding diaryl/α,β-unsaturated/α-hetero) is 1. The molecular formula is C12H16O. The molecule has 0 saturated carbocycles. The maximum atomic E-state index is 11.3. The van der Waals surface area contributed by atoms with Crippen LogP contribution in [0.1, 0.15) is 37.3 Å². The summed E-state index contributed by atoms with van der Waals surface area (Å²) < 4.78 is 0. The number of aryl methyl sites for hydroxylation is 1. The smallest absolute Gasteiger partial charge is 0.137 e. The van der Waals surface area contributed by atoms with Crippen LogP contribution in [0, 0.1) is 6.92 Å². The summed E-state index contributed by atoms with van der Waals surface area (Å²) in [5.41, 5.74) is 2.37. The lowest BCUT2D eigenvalue weighted by Gasteiger charge is -2.11. The molecule has 1 atom stereocenters. The van der Waals surface area contributed by atoms with Crippen LogP contribution >= 0.6 is 0 Å². The van der Waals surface area contributed by atoms with E-state index in [-0.39, 0.29) is 11.7 Å². The maximum Gasteiger partial charge on any atom is 0.137 e. The number of carbonyl (C=O) groups is 1. The molecule has 1 unspecified atom stereocenters. The molecule has 0 aliphatic carbocycles. The molecule has 0 heterocycles. The first-order valence-electron chi connectivity index (χ1n) is 4.72. The van der Waals surface area contributed by atoms with E-state index in [0.717, 1.165) is 12.0 Å². The van der Waals surface area contributed by atoms with Crippen molar-refractivity contribution >= 4 is 5.78 Å². The second-order valence-electron chi connectivity index (χ2n) is 3.49. The van der Waals surface area contributed by atoms with E-state index in [2.05, 4.69) is 26.0 Å². The van der Waals surface area contributed by atoms with Crippen molar-refractivity contribution in [3.05, 3.63) is 35.4 Å². The van der Waals surface area contributed by atoms with E-state index < -0.39 is 0 Å². The standard InChI is InChI=1S/C12H16O/c1-4-12(10(3)13)11-7-5-6-9(2)8-11/h5-8,12H,4H2,1-3H3. The van der Waals surface area contributed by atoms with E-state index in [1.807, 2.05) is 12.1 Å². The Hall–Kier alpha value is -1.11. The second kappa shape index (κ2) is 4.22. The van der Waals surface area contributed by atoms with Gasteiger partial charge in [0.05, 0.1) is 0 Å². The highest BCUT2D eigenvalue weighted by molar-refractivity contribution is 5.83. The molecule has 1 nitrogen and oxygen atoms in total. The quantitative estimate of drug-likeness (QED) is 0.691. The van der Waals surface area contributed by atoms with Crippen LogP contribution in [-0.2, 0) is 4.79 Å². The van der Waals surface area contributed by atoms with E-state index >= 15 is 0 Å². The first-order valence-corrected chi connectivity index (χ1v) is 4.72. The third-order valence-electron chi connectivity index (χ3n) is 2.34. The average molecular weight is 176 g/mol. The average Bonchev–Trinajstić information content (AvgIpc) is 2.04. The lowest BCUT2D eigenvalue weighted by Crippen LogP contribution is -2.07. The van der Waals surface area contributed by atoms with Gasteiger partial charge < -0.3 is 0 Å². The van der Waals surface area contributed by atoms with E-state index in [9.17, 15) is 4.79 Å². The second-order valence-corrected chi connectivity index (χ2v) is 3.49. The van der Waals surface area contributed by atoms with Crippen LogP contribution in [0.4, 0.5) is 0 Å². The molecular weight excluding hydrogens is 160 g/mol. The number of carbonyl (C=O) groups excluding carboxylic acids is 1. The lowest BCUT2D eigenvalue weighted by atomic mass is 9.92. The molecule has 13 heavy (non-hydrogen) atoms. The Morgan fingerprint density at radius 3 is 2.62 bits per heavy atom. The highest BCUT2D eigenvalue weighted by atomic mass is 16.1. The molecule has 0 bridgehead atoms. The van der Waals surface area contributed by atoms with Crippen molar-refractivity contribution in [3.8, 4) is 0 Å². The van der Waals surface area contributed by atoms with Gasteiger partial charge in [0.2, 0.25) is 0 Å². The van der Waals surface area contributed by atoms with Crippen molar-refractivity contribution in [2.75, 3.05) is 0 Å². The Kier molecular flexibility index (Phi) is 3.24. The molecule has 0 aliphatic heterocycles. The zero-order valence-corrected chi connectivity index (χ0v) is 8.50. The monoisotopic (exact) mass is 176 g/mol.